The van der Waals surface area contributed by atoms with E-state index in [4.69, 9.17) is 0 Å². The van der Waals surface area contributed by atoms with Crippen molar-refractivity contribution in [2.24, 2.45) is 0 Å². The van der Waals surface area contributed by atoms with E-state index in [9.17, 15) is 0 Å². The molecule has 1 rings (SSSR count). The molecule has 1 atom stereocenters. The van der Waals surface area contributed by atoms with E-state index in [2.05, 4.69) is 50.1 Å². The molecule has 0 aliphatic carbocycles. The van der Waals surface area contributed by atoms with Gasteiger partial charge >= 0.3 is 0 Å². The topological polar surface area (TPSA) is 12.0 Å². The van der Waals surface area contributed by atoms with Crippen LogP contribution in [0.2, 0.25) is 0 Å². The highest BCUT2D eigenvalue weighted by atomic mass is 14.9. The van der Waals surface area contributed by atoms with Crippen molar-refractivity contribution in [3.8, 4) is 0 Å². The van der Waals surface area contributed by atoms with Gasteiger partial charge in [0.15, 0.2) is 0 Å². The number of allylic oxidation sites excluding steroid dienone is 1. The summed E-state index contributed by atoms with van der Waals surface area (Å²) < 4.78 is 0. The molecule has 0 fully saturated rings. The highest BCUT2D eigenvalue weighted by Gasteiger charge is 2.06. The zero-order valence-electron chi connectivity index (χ0n) is 11.9. The molecule has 1 unspecified atom stereocenters. The van der Waals surface area contributed by atoms with Crippen molar-refractivity contribution in [1.82, 2.24) is 5.32 Å². The van der Waals surface area contributed by atoms with Gasteiger partial charge in [-0.05, 0) is 45.2 Å². The molecule has 0 spiro atoms. The molecule has 1 aromatic rings. The Balaban J connectivity index is 2.30. The SMILES string of the molecule is C=CCCCCCC(Cc1cccc(C)c1)NC. The number of benzene rings is 1. The van der Waals surface area contributed by atoms with Crippen LogP contribution in [0.1, 0.15) is 43.2 Å². The fourth-order valence-corrected chi connectivity index (χ4v) is 2.33. The summed E-state index contributed by atoms with van der Waals surface area (Å²) >= 11 is 0. The summed E-state index contributed by atoms with van der Waals surface area (Å²) in [5.74, 6) is 0. The summed E-state index contributed by atoms with van der Waals surface area (Å²) in [6.07, 6.45) is 9.49. The Morgan fingerprint density at radius 3 is 2.78 bits per heavy atom. The number of rotatable bonds is 9. The first-order valence-corrected chi connectivity index (χ1v) is 7.10. The van der Waals surface area contributed by atoms with Gasteiger partial charge in [-0.25, -0.2) is 0 Å². The van der Waals surface area contributed by atoms with Crippen LogP contribution in [0.15, 0.2) is 36.9 Å². The molecule has 1 aromatic carbocycles. The van der Waals surface area contributed by atoms with Gasteiger partial charge in [-0.2, -0.15) is 0 Å². The summed E-state index contributed by atoms with van der Waals surface area (Å²) in [6, 6.07) is 9.45. The maximum Gasteiger partial charge on any atom is 0.0104 e. The van der Waals surface area contributed by atoms with E-state index >= 15 is 0 Å². The number of hydrogen-bond acceptors (Lipinski definition) is 1. The molecule has 18 heavy (non-hydrogen) atoms. The lowest BCUT2D eigenvalue weighted by Gasteiger charge is -2.16. The van der Waals surface area contributed by atoms with Crippen LogP contribution < -0.4 is 5.32 Å². The van der Waals surface area contributed by atoms with Gasteiger partial charge in [-0.3, -0.25) is 0 Å². The first kappa shape index (κ1) is 15.0. The largest absolute Gasteiger partial charge is 0.317 e. The number of nitrogens with one attached hydrogen (secondary N) is 1. The van der Waals surface area contributed by atoms with Crippen molar-refractivity contribution in [1.29, 1.82) is 0 Å². The van der Waals surface area contributed by atoms with Crippen LogP contribution in [0.25, 0.3) is 0 Å². The van der Waals surface area contributed by atoms with E-state index in [-0.39, 0.29) is 0 Å². The third-order valence-corrected chi connectivity index (χ3v) is 3.43. The second-order valence-electron chi connectivity index (χ2n) is 5.11. The maximum atomic E-state index is 3.76. The molecule has 0 saturated heterocycles. The van der Waals surface area contributed by atoms with Gasteiger partial charge in [0, 0.05) is 6.04 Å². The average molecular weight is 245 g/mol. The minimum absolute atomic E-state index is 0.607. The molecule has 1 heteroatoms. The Hall–Kier alpha value is -1.08. The fourth-order valence-electron chi connectivity index (χ4n) is 2.33. The van der Waals surface area contributed by atoms with E-state index in [0.29, 0.717) is 6.04 Å². The smallest absolute Gasteiger partial charge is 0.0104 e. The van der Waals surface area contributed by atoms with Crippen molar-refractivity contribution in [3.63, 3.8) is 0 Å². The second kappa shape index (κ2) is 8.93. The summed E-state index contributed by atoms with van der Waals surface area (Å²) in [5.41, 5.74) is 2.80. The predicted molar refractivity (Wildman–Crippen MR) is 81.0 cm³/mol. The average Bonchev–Trinajstić information content (AvgIpc) is 2.37. The van der Waals surface area contributed by atoms with Gasteiger partial charge in [0.1, 0.15) is 0 Å². The van der Waals surface area contributed by atoms with Crippen molar-refractivity contribution >= 4 is 0 Å². The highest BCUT2D eigenvalue weighted by molar-refractivity contribution is 5.22. The summed E-state index contributed by atoms with van der Waals surface area (Å²) in [5, 5.41) is 3.44. The Morgan fingerprint density at radius 2 is 2.11 bits per heavy atom. The Kier molecular flexibility index (Phi) is 7.43. The third kappa shape index (κ3) is 6.02. The minimum atomic E-state index is 0.607. The molecule has 0 aliphatic heterocycles. The molecular formula is C17H27N. The van der Waals surface area contributed by atoms with Gasteiger partial charge < -0.3 is 5.32 Å². The predicted octanol–water partition coefficient (Wildman–Crippen LogP) is 4.26. The van der Waals surface area contributed by atoms with Crippen LogP contribution in [-0.4, -0.2) is 13.1 Å². The summed E-state index contributed by atoms with van der Waals surface area (Å²) in [6.45, 7) is 5.92. The normalized spacial score (nSPS) is 12.3. The monoisotopic (exact) mass is 245 g/mol. The summed E-state index contributed by atoms with van der Waals surface area (Å²) in [4.78, 5) is 0. The quantitative estimate of drug-likeness (QED) is 0.506. The molecule has 0 amide bonds. The Bertz CT molecular complexity index is 343. The third-order valence-electron chi connectivity index (χ3n) is 3.43. The standard InChI is InChI=1S/C17H27N/c1-4-5-6-7-8-12-17(18-3)14-16-11-9-10-15(2)13-16/h4,9-11,13,17-18H,1,5-8,12,14H2,2-3H3. The first-order valence-electron chi connectivity index (χ1n) is 7.10. The zero-order valence-corrected chi connectivity index (χ0v) is 11.9. The maximum absolute atomic E-state index is 3.76. The van der Waals surface area contributed by atoms with Crippen LogP contribution in [0, 0.1) is 6.92 Å². The van der Waals surface area contributed by atoms with E-state index < -0.39 is 0 Å². The van der Waals surface area contributed by atoms with E-state index in [1.807, 2.05) is 6.08 Å². The van der Waals surface area contributed by atoms with Gasteiger partial charge in [-0.15, -0.1) is 6.58 Å². The number of likely N-dealkylation sites (N-methyl/N-ethyl adjacent to an activating group) is 1. The molecule has 0 aliphatic rings. The number of hydrogen-bond donors (Lipinski definition) is 1. The van der Waals surface area contributed by atoms with Crippen LogP contribution in [0.4, 0.5) is 0 Å². The molecule has 1 N–H and O–H groups in total. The van der Waals surface area contributed by atoms with Crippen molar-refractivity contribution in [2.45, 2.75) is 51.5 Å². The second-order valence-corrected chi connectivity index (χ2v) is 5.11. The lowest BCUT2D eigenvalue weighted by Crippen LogP contribution is -2.27. The number of aryl methyl sites for hydroxylation is 1. The van der Waals surface area contributed by atoms with Gasteiger partial charge in [0.2, 0.25) is 0 Å². The molecule has 0 saturated carbocycles. The molecular weight excluding hydrogens is 218 g/mol. The van der Waals surface area contributed by atoms with E-state index in [1.54, 1.807) is 0 Å². The van der Waals surface area contributed by atoms with Gasteiger partial charge in [0.05, 0.1) is 0 Å². The Labute approximate surface area is 112 Å². The lowest BCUT2D eigenvalue weighted by molar-refractivity contribution is 0.487. The van der Waals surface area contributed by atoms with Crippen molar-refractivity contribution < 1.29 is 0 Å². The van der Waals surface area contributed by atoms with E-state index in [0.717, 1.165) is 12.8 Å². The molecule has 0 aromatic heterocycles. The molecule has 0 heterocycles. The highest BCUT2D eigenvalue weighted by Crippen LogP contribution is 2.12. The Morgan fingerprint density at radius 1 is 1.28 bits per heavy atom. The van der Waals surface area contributed by atoms with Crippen LogP contribution in [0.5, 0.6) is 0 Å². The first-order chi connectivity index (χ1) is 8.76. The molecule has 0 radical (unpaired) electrons. The van der Waals surface area contributed by atoms with Crippen LogP contribution in [0.3, 0.4) is 0 Å². The minimum Gasteiger partial charge on any atom is -0.317 e. The summed E-state index contributed by atoms with van der Waals surface area (Å²) in [7, 11) is 2.07. The molecule has 100 valence electrons. The van der Waals surface area contributed by atoms with Crippen LogP contribution in [-0.2, 0) is 6.42 Å². The fraction of sp³-hybridized carbons (Fsp3) is 0.529. The van der Waals surface area contributed by atoms with Gasteiger partial charge in [-0.1, -0.05) is 48.7 Å². The number of unbranched alkanes of at least 4 members (excludes halogenated alkanes) is 3. The van der Waals surface area contributed by atoms with Crippen LogP contribution >= 0.6 is 0 Å². The van der Waals surface area contributed by atoms with Crippen molar-refractivity contribution in [3.05, 3.63) is 48.0 Å². The van der Waals surface area contributed by atoms with E-state index in [1.165, 1.54) is 36.8 Å². The van der Waals surface area contributed by atoms with Crippen molar-refractivity contribution in [2.75, 3.05) is 7.05 Å². The lowest BCUT2D eigenvalue weighted by atomic mass is 9.99. The van der Waals surface area contributed by atoms with Gasteiger partial charge in [0.25, 0.3) is 0 Å². The molecule has 0 bridgehead atoms. The molecule has 1 nitrogen and oxygen atoms in total. The zero-order chi connectivity index (χ0) is 13.2.